The third-order valence-corrected chi connectivity index (χ3v) is 0.813. The van der Waals surface area contributed by atoms with Crippen LogP contribution >= 0.6 is 25.3 Å². The van der Waals surface area contributed by atoms with E-state index in [0.29, 0.717) is 0 Å². The van der Waals surface area contributed by atoms with Gasteiger partial charge in [0.1, 0.15) is 0 Å². The Morgan fingerprint density at radius 1 is 1.20 bits per heavy atom. The van der Waals surface area contributed by atoms with E-state index in [0.717, 1.165) is 5.69 Å². The van der Waals surface area contributed by atoms with Gasteiger partial charge in [-0.25, -0.2) is 0 Å². The maximum absolute atomic E-state index is 9.09. The molecule has 0 radical (unpaired) electrons. The molecule has 84 valence electrons. The van der Waals surface area contributed by atoms with E-state index in [4.69, 9.17) is 9.59 Å². The van der Waals surface area contributed by atoms with E-state index in [9.17, 15) is 0 Å². The second-order valence-corrected chi connectivity index (χ2v) is 3.03. The molecule has 0 atom stereocenters. The largest absolute Gasteiger partial charge is 0.361 e. The average molecular weight is 247 g/mol. The Hall–Kier alpha value is -1.21. The highest BCUT2D eigenvalue weighted by Gasteiger charge is 1.73. The Morgan fingerprint density at radius 3 is 1.73 bits per heavy atom. The third-order valence-electron chi connectivity index (χ3n) is 0.813. The molecule has 1 heterocycles. The maximum Gasteiger partial charge on any atom is 0.273 e. The molecule has 0 aliphatic rings. The van der Waals surface area contributed by atoms with Crippen LogP contribution in [0.25, 0.3) is 0 Å². The molecule has 2 amide bonds. The van der Waals surface area contributed by atoms with Gasteiger partial charge >= 0.3 is 0 Å². The van der Waals surface area contributed by atoms with Gasteiger partial charge in [-0.05, 0) is 19.1 Å². The number of hydrogen-bond donors (Lipinski definition) is 4. The Kier molecular flexibility index (Phi) is 11.8. The standard InChI is InChI=1S/C6H7N.2CH3NOS/c1-6-4-2-3-5-7-6;2*2-1(3)4/h2-5H,1H3;2*(H3,2,3,4). The number of primary amides is 2. The van der Waals surface area contributed by atoms with E-state index < -0.39 is 10.5 Å². The van der Waals surface area contributed by atoms with Crippen molar-refractivity contribution < 1.29 is 9.59 Å². The SMILES string of the molecule is Cc1ccccn1.NC(=O)S.NC(=O)S. The van der Waals surface area contributed by atoms with E-state index in [2.05, 4.69) is 41.7 Å². The third kappa shape index (κ3) is 32.3. The lowest BCUT2D eigenvalue weighted by Crippen LogP contribution is -1.95. The van der Waals surface area contributed by atoms with Crippen LogP contribution in [-0.2, 0) is 0 Å². The van der Waals surface area contributed by atoms with Gasteiger partial charge in [0.25, 0.3) is 10.5 Å². The van der Waals surface area contributed by atoms with Crippen molar-refractivity contribution >= 4 is 35.7 Å². The lowest BCUT2D eigenvalue weighted by molar-refractivity contribution is 0.266. The number of aryl methyl sites for hydroxylation is 1. The molecule has 1 rings (SSSR count). The molecular formula is C8H13N3O2S2. The summed E-state index contributed by atoms with van der Waals surface area (Å²) in [5.74, 6) is 0. The van der Waals surface area contributed by atoms with Gasteiger partial charge in [-0.3, -0.25) is 14.6 Å². The van der Waals surface area contributed by atoms with Gasteiger partial charge in [-0.15, -0.1) is 0 Å². The molecule has 0 aliphatic carbocycles. The zero-order valence-electron chi connectivity index (χ0n) is 8.12. The number of nitrogens with two attached hydrogens (primary N) is 2. The highest BCUT2D eigenvalue weighted by atomic mass is 32.1. The maximum atomic E-state index is 9.09. The Balaban J connectivity index is 0. The van der Waals surface area contributed by atoms with Crippen LogP contribution in [0.2, 0.25) is 0 Å². The Bertz CT molecular complexity index is 273. The highest BCUT2D eigenvalue weighted by molar-refractivity contribution is 7.96. The fourth-order valence-corrected chi connectivity index (χ4v) is 0.448. The minimum atomic E-state index is -0.639. The number of nitrogens with zero attached hydrogens (tertiary/aromatic N) is 1. The zero-order chi connectivity index (χ0) is 12.3. The van der Waals surface area contributed by atoms with Gasteiger partial charge in [0.2, 0.25) is 0 Å². The van der Waals surface area contributed by atoms with Gasteiger partial charge < -0.3 is 11.5 Å². The lowest BCUT2D eigenvalue weighted by Gasteiger charge is -1.82. The fraction of sp³-hybridized carbons (Fsp3) is 0.125. The first kappa shape index (κ1) is 16.2. The molecule has 0 aliphatic heterocycles. The van der Waals surface area contributed by atoms with E-state index in [1.165, 1.54) is 0 Å². The van der Waals surface area contributed by atoms with Crippen molar-refractivity contribution in [3.8, 4) is 0 Å². The molecule has 0 aromatic carbocycles. The number of thiol groups is 2. The summed E-state index contributed by atoms with van der Waals surface area (Å²) < 4.78 is 0. The highest BCUT2D eigenvalue weighted by Crippen LogP contribution is 1.86. The molecule has 0 fully saturated rings. The minimum absolute atomic E-state index is 0.639. The number of aromatic nitrogens is 1. The predicted octanol–water partition coefficient (Wildman–Crippen LogP) is 1.38. The quantitative estimate of drug-likeness (QED) is 0.521. The average Bonchev–Trinajstić information content (AvgIpc) is 2.03. The summed E-state index contributed by atoms with van der Waals surface area (Å²) in [7, 11) is 0. The molecule has 15 heavy (non-hydrogen) atoms. The first-order valence-electron chi connectivity index (χ1n) is 3.70. The van der Waals surface area contributed by atoms with Crippen LogP contribution in [0, 0.1) is 6.92 Å². The second-order valence-electron chi connectivity index (χ2n) is 2.15. The Morgan fingerprint density at radius 2 is 1.60 bits per heavy atom. The summed E-state index contributed by atoms with van der Waals surface area (Å²) in [6.45, 7) is 1.97. The van der Waals surface area contributed by atoms with Gasteiger partial charge in [-0.1, -0.05) is 31.3 Å². The van der Waals surface area contributed by atoms with Crippen LogP contribution in [0.5, 0.6) is 0 Å². The zero-order valence-corrected chi connectivity index (χ0v) is 9.91. The van der Waals surface area contributed by atoms with E-state index in [-0.39, 0.29) is 0 Å². The van der Waals surface area contributed by atoms with Gasteiger partial charge in [-0.2, -0.15) is 0 Å². The van der Waals surface area contributed by atoms with Gasteiger partial charge in [0.05, 0.1) is 0 Å². The smallest absolute Gasteiger partial charge is 0.273 e. The van der Waals surface area contributed by atoms with Crippen molar-refractivity contribution in [1.29, 1.82) is 0 Å². The topological polar surface area (TPSA) is 99.1 Å². The molecule has 1 aromatic heterocycles. The summed E-state index contributed by atoms with van der Waals surface area (Å²) in [4.78, 5) is 22.2. The molecule has 1 aromatic rings. The minimum Gasteiger partial charge on any atom is -0.361 e. The molecule has 7 heteroatoms. The van der Waals surface area contributed by atoms with Gasteiger partial charge in [0, 0.05) is 11.9 Å². The summed E-state index contributed by atoms with van der Waals surface area (Å²) in [6, 6.07) is 5.86. The van der Waals surface area contributed by atoms with Gasteiger partial charge in [0.15, 0.2) is 0 Å². The molecule has 0 saturated carbocycles. The first-order chi connectivity index (χ1) is 6.86. The number of amides is 2. The van der Waals surface area contributed by atoms with Crippen molar-refractivity contribution in [3.63, 3.8) is 0 Å². The lowest BCUT2D eigenvalue weighted by atomic mass is 10.4. The summed E-state index contributed by atoms with van der Waals surface area (Å²) in [5, 5.41) is -1.28. The van der Waals surface area contributed by atoms with Crippen molar-refractivity contribution in [2.75, 3.05) is 0 Å². The fourth-order valence-electron chi connectivity index (χ4n) is 0.448. The van der Waals surface area contributed by atoms with Crippen molar-refractivity contribution in [3.05, 3.63) is 30.1 Å². The van der Waals surface area contributed by atoms with Crippen molar-refractivity contribution in [1.82, 2.24) is 4.98 Å². The molecule has 5 nitrogen and oxygen atoms in total. The van der Waals surface area contributed by atoms with Crippen molar-refractivity contribution in [2.24, 2.45) is 11.5 Å². The number of hydrogen-bond acceptors (Lipinski definition) is 3. The molecule has 0 bridgehead atoms. The normalized spacial score (nSPS) is 7.40. The number of pyridine rings is 1. The summed E-state index contributed by atoms with van der Waals surface area (Å²) in [5.41, 5.74) is 9.74. The first-order valence-corrected chi connectivity index (χ1v) is 4.60. The Labute approximate surface area is 99.1 Å². The van der Waals surface area contributed by atoms with Crippen LogP contribution in [-0.4, -0.2) is 15.5 Å². The monoisotopic (exact) mass is 247 g/mol. The van der Waals surface area contributed by atoms with Crippen LogP contribution in [0.4, 0.5) is 9.59 Å². The van der Waals surface area contributed by atoms with E-state index in [1.807, 2.05) is 25.1 Å². The molecular weight excluding hydrogens is 234 g/mol. The second kappa shape index (κ2) is 10.9. The molecule has 0 saturated heterocycles. The molecule has 0 spiro atoms. The molecule has 4 N–H and O–H groups in total. The van der Waals surface area contributed by atoms with Crippen LogP contribution in [0.1, 0.15) is 5.69 Å². The van der Waals surface area contributed by atoms with Crippen LogP contribution < -0.4 is 11.5 Å². The summed E-state index contributed by atoms with van der Waals surface area (Å²) in [6.07, 6.45) is 1.79. The number of carbonyl (C=O) groups excluding carboxylic acids is 2. The molecule has 0 unspecified atom stereocenters. The van der Waals surface area contributed by atoms with Crippen LogP contribution in [0.15, 0.2) is 24.4 Å². The number of rotatable bonds is 0. The van der Waals surface area contributed by atoms with E-state index in [1.54, 1.807) is 6.20 Å². The van der Waals surface area contributed by atoms with E-state index >= 15 is 0 Å². The number of carbonyl (C=O) groups is 2. The summed E-state index contributed by atoms with van der Waals surface area (Å²) >= 11 is 6.21. The van der Waals surface area contributed by atoms with Crippen LogP contribution in [0.3, 0.4) is 0 Å². The van der Waals surface area contributed by atoms with Crippen molar-refractivity contribution in [2.45, 2.75) is 6.92 Å². The predicted molar refractivity (Wildman–Crippen MR) is 66.1 cm³/mol.